The number of hydrogen-bond donors (Lipinski definition) is 1. The molecule has 0 saturated carbocycles. The highest BCUT2D eigenvalue weighted by atomic mass is 16.5. The Morgan fingerprint density at radius 1 is 1.00 bits per heavy atom. The molecule has 5 heteroatoms. The van der Waals surface area contributed by atoms with E-state index in [9.17, 15) is 9.59 Å². The van der Waals surface area contributed by atoms with Gasteiger partial charge in [-0.2, -0.15) is 0 Å². The number of nitrogens with zero attached hydrogens (tertiary/aromatic N) is 1. The Morgan fingerprint density at radius 3 is 2.27 bits per heavy atom. The third-order valence-electron chi connectivity index (χ3n) is 4.19. The summed E-state index contributed by atoms with van der Waals surface area (Å²) in [6.07, 6.45) is 0.463. The molecule has 3 aromatic rings. The maximum absolute atomic E-state index is 12.5. The maximum atomic E-state index is 12.5. The predicted octanol–water partition coefficient (Wildman–Crippen LogP) is 3.56. The lowest BCUT2D eigenvalue weighted by atomic mass is 10.1. The molecule has 0 aliphatic rings. The van der Waals surface area contributed by atoms with Crippen LogP contribution in [0.4, 0.5) is 0 Å². The second kappa shape index (κ2) is 7.44. The van der Waals surface area contributed by atoms with E-state index in [-0.39, 0.29) is 0 Å². The number of H-pyrrole nitrogens is 1. The Bertz CT molecular complexity index is 1010. The highest BCUT2D eigenvalue weighted by Crippen LogP contribution is 2.25. The molecule has 0 atom stereocenters. The first kappa shape index (κ1) is 17.7. The molecule has 0 aliphatic carbocycles. The molecule has 1 heterocycles. The molecular weight excluding hydrogens is 328 g/mol. The van der Waals surface area contributed by atoms with Crippen molar-refractivity contribution in [3.05, 3.63) is 91.6 Å². The summed E-state index contributed by atoms with van der Waals surface area (Å²) in [4.78, 5) is 27.2. The van der Waals surface area contributed by atoms with Crippen LogP contribution in [0.15, 0.2) is 58.1 Å². The van der Waals surface area contributed by atoms with Crippen molar-refractivity contribution in [3.8, 4) is 11.6 Å². The van der Waals surface area contributed by atoms with E-state index in [2.05, 4.69) is 4.98 Å². The van der Waals surface area contributed by atoms with Crippen molar-refractivity contribution in [2.45, 2.75) is 33.7 Å². The van der Waals surface area contributed by atoms with Gasteiger partial charge in [-0.1, -0.05) is 43.3 Å². The minimum absolute atomic E-state index is 0.301. The summed E-state index contributed by atoms with van der Waals surface area (Å²) in [5.41, 5.74) is 2.64. The second-order valence-corrected chi connectivity index (χ2v) is 6.39. The smallest absolute Gasteiger partial charge is 0.331 e. The zero-order valence-corrected chi connectivity index (χ0v) is 15.2. The standard InChI is InChI=1S/C21H22N2O3/c1-4-18-19(24)22-21(25)23(13-16-8-6-5-7-9-16)20(18)26-17-11-14(2)10-15(3)12-17/h5-12H,4,13H2,1-3H3,(H,22,24,25). The van der Waals surface area contributed by atoms with Crippen LogP contribution in [0, 0.1) is 13.8 Å². The van der Waals surface area contributed by atoms with Gasteiger partial charge in [0.25, 0.3) is 5.56 Å². The quantitative estimate of drug-likeness (QED) is 0.765. The van der Waals surface area contributed by atoms with E-state index in [1.54, 1.807) is 0 Å². The van der Waals surface area contributed by atoms with E-state index >= 15 is 0 Å². The van der Waals surface area contributed by atoms with Crippen LogP contribution in [0.3, 0.4) is 0 Å². The van der Waals surface area contributed by atoms with Crippen LogP contribution >= 0.6 is 0 Å². The Kier molecular flexibility index (Phi) is 5.07. The number of ether oxygens (including phenoxy) is 1. The largest absolute Gasteiger partial charge is 0.440 e. The number of hydrogen-bond acceptors (Lipinski definition) is 3. The molecule has 0 radical (unpaired) electrons. The van der Waals surface area contributed by atoms with Gasteiger partial charge in [0.1, 0.15) is 5.75 Å². The molecule has 0 spiro atoms. The lowest BCUT2D eigenvalue weighted by molar-refractivity contribution is 0.414. The molecule has 0 unspecified atom stereocenters. The Hall–Kier alpha value is -3.08. The number of aromatic nitrogens is 2. The molecule has 0 amide bonds. The van der Waals surface area contributed by atoms with E-state index in [0.29, 0.717) is 30.2 Å². The van der Waals surface area contributed by atoms with Crippen LogP contribution < -0.4 is 16.0 Å². The number of benzene rings is 2. The van der Waals surface area contributed by atoms with Gasteiger partial charge in [0, 0.05) is 0 Å². The molecule has 134 valence electrons. The first-order chi connectivity index (χ1) is 12.5. The van der Waals surface area contributed by atoms with Gasteiger partial charge in [0.15, 0.2) is 0 Å². The van der Waals surface area contributed by atoms with Crippen molar-refractivity contribution in [2.75, 3.05) is 0 Å². The number of aryl methyl sites for hydroxylation is 2. The summed E-state index contributed by atoms with van der Waals surface area (Å²) in [6, 6.07) is 15.4. The fourth-order valence-electron chi connectivity index (χ4n) is 3.03. The van der Waals surface area contributed by atoms with Crippen LogP contribution in [0.2, 0.25) is 0 Å². The van der Waals surface area contributed by atoms with Crippen LogP contribution in [-0.2, 0) is 13.0 Å². The normalized spacial score (nSPS) is 10.7. The second-order valence-electron chi connectivity index (χ2n) is 6.39. The predicted molar refractivity (Wildman–Crippen MR) is 102 cm³/mol. The molecule has 0 aliphatic heterocycles. The molecule has 0 fully saturated rings. The topological polar surface area (TPSA) is 64.1 Å². The monoisotopic (exact) mass is 350 g/mol. The highest BCUT2D eigenvalue weighted by molar-refractivity contribution is 5.37. The summed E-state index contributed by atoms with van der Waals surface area (Å²) in [5, 5.41) is 0. The zero-order chi connectivity index (χ0) is 18.7. The van der Waals surface area contributed by atoms with Crippen molar-refractivity contribution in [1.82, 2.24) is 9.55 Å². The summed E-state index contributed by atoms with van der Waals surface area (Å²) < 4.78 is 7.55. The van der Waals surface area contributed by atoms with Crippen LogP contribution in [0.5, 0.6) is 11.6 Å². The number of nitrogens with one attached hydrogen (secondary N) is 1. The summed E-state index contributed by atoms with van der Waals surface area (Å²) in [6.45, 7) is 6.16. The summed E-state index contributed by atoms with van der Waals surface area (Å²) in [7, 11) is 0. The van der Waals surface area contributed by atoms with Gasteiger partial charge in [-0.3, -0.25) is 14.3 Å². The number of rotatable bonds is 5. The molecule has 1 N–H and O–H groups in total. The van der Waals surface area contributed by atoms with E-state index in [0.717, 1.165) is 16.7 Å². The molecule has 3 rings (SSSR count). The lowest BCUT2D eigenvalue weighted by Gasteiger charge is -2.17. The fraction of sp³-hybridized carbons (Fsp3) is 0.238. The average Bonchev–Trinajstić information content (AvgIpc) is 2.58. The maximum Gasteiger partial charge on any atom is 0.331 e. The SMILES string of the molecule is CCc1c(Oc2cc(C)cc(C)c2)n(Cc2ccccc2)c(=O)[nH]c1=O. The molecular formula is C21H22N2O3. The van der Waals surface area contributed by atoms with Gasteiger partial charge >= 0.3 is 5.69 Å². The van der Waals surface area contributed by atoms with E-state index in [1.807, 2.05) is 69.3 Å². The molecule has 2 aromatic carbocycles. The molecule has 5 nitrogen and oxygen atoms in total. The van der Waals surface area contributed by atoms with Gasteiger partial charge < -0.3 is 4.74 Å². The van der Waals surface area contributed by atoms with Gasteiger partial charge in [-0.25, -0.2) is 4.79 Å². The first-order valence-corrected chi connectivity index (χ1v) is 8.64. The molecule has 0 bridgehead atoms. The molecule has 1 aromatic heterocycles. The van der Waals surface area contributed by atoms with E-state index in [1.165, 1.54) is 4.57 Å². The van der Waals surface area contributed by atoms with Crippen LogP contribution in [0.25, 0.3) is 0 Å². The van der Waals surface area contributed by atoms with Crippen molar-refractivity contribution >= 4 is 0 Å². The van der Waals surface area contributed by atoms with Gasteiger partial charge in [0.2, 0.25) is 5.88 Å². The fourth-order valence-corrected chi connectivity index (χ4v) is 3.03. The summed E-state index contributed by atoms with van der Waals surface area (Å²) >= 11 is 0. The van der Waals surface area contributed by atoms with Crippen molar-refractivity contribution in [1.29, 1.82) is 0 Å². The van der Waals surface area contributed by atoms with Gasteiger partial charge in [0.05, 0.1) is 12.1 Å². The molecule has 0 saturated heterocycles. The van der Waals surface area contributed by atoms with E-state index in [4.69, 9.17) is 4.74 Å². The highest BCUT2D eigenvalue weighted by Gasteiger charge is 2.16. The van der Waals surface area contributed by atoms with Crippen molar-refractivity contribution in [2.24, 2.45) is 0 Å². The Labute approximate surface area is 151 Å². The third kappa shape index (κ3) is 3.77. The Balaban J connectivity index is 2.14. The van der Waals surface area contributed by atoms with Crippen LogP contribution in [-0.4, -0.2) is 9.55 Å². The zero-order valence-electron chi connectivity index (χ0n) is 15.2. The average molecular weight is 350 g/mol. The number of aromatic amines is 1. The minimum Gasteiger partial charge on any atom is -0.440 e. The first-order valence-electron chi connectivity index (χ1n) is 8.64. The third-order valence-corrected chi connectivity index (χ3v) is 4.19. The molecule has 26 heavy (non-hydrogen) atoms. The van der Waals surface area contributed by atoms with E-state index < -0.39 is 11.2 Å². The van der Waals surface area contributed by atoms with Gasteiger partial charge in [-0.05, 0) is 49.1 Å². The van der Waals surface area contributed by atoms with Crippen molar-refractivity contribution in [3.63, 3.8) is 0 Å². The van der Waals surface area contributed by atoms with Crippen molar-refractivity contribution < 1.29 is 4.74 Å². The minimum atomic E-state index is -0.476. The van der Waals surface area contributed by atoms with Gasteiger partial charge in [-0.15, -0.1) is 0 Å². The Morgan fingerprint density at radius 2 is 1.65 bits per heavy atom. The van der Waals surface area contributed by atoms with Crippen LogP contribution in [0.1, 0.15) is 29.2 Å². The summed E-state index contributed by atoms with van der Waals surface area (Å²) in [5.74, 6) is 0.916. The lowest BCUT2D eigenvalue weighted by Crippen LogP contribution is -2.33.